The molecule has 0 aliphatic rings. The standard InChI is InChI=1S/C9H8FNO4/c1-5-3-4-6(9(12)15-2)7(10)8(5)11(13)14/h3-4H,1-2H3. The van der Waals surface area contributed by atoms with Crippen LogP contribution in [-0.4, -0.2) is 18.0 Å². The molecular formula is C9H8FNO4. The number of methoxy groups -OCH3 is 1. The number of nitro groups is 1. The lowest BCUT2D eigenvalue weighted by Gasteiger charge is -2.03. The molecule has 0 saturated heterocycles. The first-order valence-corrected chi connectivity index (χ1v) is 4.00. The summed E-state index contributed by atoms with van der Waals surface area (Å²) >= 11 is 0. The number of carbonyl (C=O) groups is 1. The molecule has 5 nitrogen and oxygen atoms in total. The van der Waals surface area contributed by atoms with E-state index in [1.54, 1.807) is 0 Å². The zero-order valence-corrected chi connectivity index (χ0v) is 8.11. The van der Waals surface area contributed by atoms with Crippen molar-refractivity contribution in [3.05, 3.63) is 39.2 Å². The van der Waals surface area contributed by atoms with Crippen molar-refractivity contribution in [3.63, 3.8) is 0 Å². The van der Waals surface area contributed by atoms with Crippen LogP contribution in [0.25, 0.3) is 0 Å². The van der Waals surface area contributed by atoms with Gasteiger partial charge in [-0.3, -0.25) is 10.1 Å². The third kappa shape index (κ3) is 1.93. The molecule has 80 valence electrons. The zero-order valence-electron chi connectivity index (χ0n) is 8.11. The Kier molecular flexibility index (Phi) is 2.99. The number of hydrogen-bond donors (Lipinski definition) is 0. The average molecular weight is 213 g/mol. The number of rotatable bonds is 2. The Morgan fingerprint density at radius 2 is 2.13 bits per heavy atom. The van der Waals surface area contributed by atoms with Gasteiger partial charge in [0.25, 0.3) is 0 Å². The smallest absolute Gasteiger partial charge is 0.341 e. The molecule has 0 unspecified atom stereocenters. The van der Waals surface area contributed by atoms with Crippen molar-refractivity contribution in [1.82, 2.24) is 0 Å². The lowest BCUT2D eigenvalue weighted by atomic mass is 10.1. The number of aryl methyl sites for hydroxylation is 1. The third-order valence-electron chi connectivity index (χ3n) is 1.91. The van der Waals surface area contributed by atoms with Gasteiger partial charge in [0.05, 0.1) is 12.0 Å². The highest BCUT2D eigenvalue weighted by molar-refractivity contribution is 5.90. The molecule has 0 aliphatic carbocycles. The molecule has 0 N–H and O–H groups in total. The number of nitro benzene ring substituents is 1. The van der Waals surface area contributed by atoms with Crippen LogP contribution >= 0.6 is 0 Å². The molecule has 1 aromatic carbocycles. The molecule has 0 amide bonds. The summed E-state index contributed by atoms with van der Waals surface area (Å²) < 4.78 is 17.8. The van der Waals surface area contributed by atoms with Gasteiger partial charge < -0.3 is 4.74 Å². The molecule has 0 radical (unpaired) electrons. The Hall–Kier alpha value is -1.98. The summed E-state index contributed by atoms with van der Waals surface area (Å²) in [4.78, 5) is 20.7. The fourth-order valence-corrected chi connectivity index (χ4v) is 1.15. The molecule has 0 aromatic heterocycles. The number of esters is 1. The van der Waals surface area contributed by atoms with Gasteiger partial charge in [-0.25, -0.2) is 4.79 Å². The molecule has 0 spiro atoms. The van der Waals surface area contributed by atoms with E-state index in [0.29, 0.717) is 0 Å². The normalized spacial score (nSPS) is 9.80. The van der Waals surface area contributed by atoms with Crippen molar-refractivity contribution >= 4 is 11.7 Å². The fraction of sp³-hybridized carbons (Fsp3) is 0.222. The largest absolute Gasteiger partial charge is 0.465 e. The van der Waals surface area contributed by atoms with Crippen molar-refractivity contribution < 1.29 is 18.8 Å². The molecular weight excluding hydrogens is 205 g/mol. The van der Waals surface area contributed by atoms with E-state index in [4.69, 9.17) is 0 Å². The maximum Gasteiger partial charge on any atom is 0.341 e. The van der Waals surface area contributed by atoms with Gasteiger partial charge >= 0.3 is 11.7 Å². The summed E-state index contributed by atoms with van der Waals surface area (Å²) in [5.41, 5.74) is -0.974. The van der Waals surface area contributed by atoms with E-state index in [2.05, 4.69) is 4.74 Å². The Labute approximate surface area is 84.6 Å². The number of halogens is 1. The van der Waals surface area contributed by atoms with Crippen LogP contribution in [0.4, 0.5) is 10.1 Å². The van der Waals surface area contributed by atoms with Gasteiger partial charge in [0.15, 0.2) is 0 Å². The van der Waals surface area contributed by atoms with Gasteiger partial charge in [-0.1, -0.05) is 6.07 Å². The monoisotopic (exact) mass is 213 g/mol. The summed E-state index contributed by atoms with van der Waals surface area (Å²) in [5, 5.41) is 10.5. The zero-order chi connectivity index (χ0) is 11.6. The lowest BCUT2D eigenvalue weighted by molar-refractivity contribution is -0.388. The minimum Gasteiger partial charge on any atom is -0.465 e. The molecule has 1 aromatic rings. The van der Waals surface area contributed by atoms with Crippen LogP contribution < -0.4 is 0 Å². The Morgan fingerprint density at radius 3 is 2.60 bits per heavy atom. The van der Waals surface area contributed by atoms with E-state index in [1.807, 2.05) is 0 Å². The van der Waals surface area contributed by atoms with E-state index >= 15 is 0 Å². The van der Waals surface area contributed by atoms with Crippen LogP contribution in [-0.2, 0) is 4.74 Å². The predicted molar refractivity (Wildman–Crippen MR) is 49.1 cm³/mol. The Morgan fingerprint density at radius 1 is 1.53 bits per heavy atom. The fourth-order valence-electron chi connectivity index (χ4n) is 1.15. The maximum atomic E-state index is 13.5. The van der Waals surface area contributed by atoms with E-state index in [9.17, 15) is 19.3 Å². The minimum absolute atomic E-state index is 0.158. The Balaban J connectivity index is 3.41. The van der Waals surface area contributed by atoms with Gasteiger partial charge in [-0.15, -0.1) is 0 Å². The molecule has 0 heterocycles. The summed E-state index contributed by atoms with van der Waals surface area (Å²) in [7, 11) is 1.08. The number of ether oxygens (including phenoxy) is 1. The van der Waals surface area contributed by atoms with Gasteiger partial charge in [0.1, 0.15) is 5.56 Å². The van der Waals surface area contributed by atoms with Crippen molar-refractivity contribution in [1.29, 1.82) is 0 Å². The van der Waals surface area contributed by atoms with Gasteiger partial charge in [-0.05, 0) is 13.0 Å². The second kappa shape index (κ2) is 4.04. The lowest BCUT2D eigenvalue weighted by Crippen LogP contribution is -2.07. The first kappa shape index (κ1) is 11.1. The van der Waals surface area contributed by atoms with Crippen LogP contribution in [0.1, 0.15) is 15.9 Å². The summed E-state index contributed by atoms with van der Waals surface area (Å²) in [5.74, 6) is -2.09. The topological polar surface area (TPSA) is 69.4 Å². The van der Waals surface area contributed by atoms with Crippen LogP contribution in [0.3, 0.4) is 0 Å². The van der Waals surface area contributed by atoms with Gasteiger partial charge in [0, 0.05) is 5.56 Å². The van der Waals surface area contributed by atoms with Crippen LogP contribution in [0.15, 0.2) is 12.1 Å². The average Bonchev–Trinajstić information content (AvgIpc) is 2.16. The number of nitrogens with zero attached hydrogens (tertiary/aromatic N) is 1. The molecule has 1 rings (SSSR count). The molecule has 0 atom stereocenters. The highest BCUT2D eigenvalue weighted by atomic mass is 19.1. The number of hydrogen-bond acceptors (Lipinski definition) is 4. The Bertz CT molecular complexity index is 430. The second-order valence-corrected chi connectivity index (χ2v) is 2.84. The maximum absolute atomic E-state index is 13.5. The first-order chi connectivity index (χ1) is 6.99. The van der Waals surface area contributed by atoms with E-state index in [0.717, 1.165) is 13.2 Å². The van der Waals surface area contributed by atoms with Crippen molar-refractivity contribution in [2.45, 2.75) is 6.92 Å². The van der Waals surface area contributed by atoms with E-state index in [1.165, 1.54) is 13.0 Å². The second-order valence-electron chi connectivity index (χ2n) is 2.84. The number of carbonyl (C=O) groups excluding carboxylic acids is 1. The highest BCUT2D eigenvalue weighted by Gasteiger charge is 2.24. The van der Waals surface area contributed by atoms with Crippen LogP contribution in [0, 0.1) is 22.9 Å². The molecule has 15 heavy (non-hydrogen) atoms. The molecule has 0 saturated carbocycles. The summed E-state index contributed by atoms with van der Waals surface area (Å²) in [6, 6.07) is 2.46. The quantitative estimate of drug-likeness (QED) is 0.427. The van der Waals surface area contributed by atoms with Crippen molar-refractivity contribution in [2.24, 2.45) is 0 Å². The number of benzene rings is 1. The van der Waals surface area contributed by atoms with Gasteiger partial charge in [-0.2, -0.15) is 4.39 Å². The first-order valence-electron chi connectivity index (χ1n) is 4.00. The third-order valence-corrected chi connectivity index (χ3v) is 1.91. The van der Waals surface area contributed by atoms with Crippen molar-refractivity contribution in [3.8, 4) is 0 Å². The summed E-state index contributed by atoms with van der Waals surface area (Å²) in [6.07, 6.45) is 0. The molecule has 0 bridgehead atoms. The molecule has 6 heteroatoms. The van der Waals surface area contributed by atoms with Gasteiger partial charge in [0.2, 0.25) is 5.82 Å². The minimum atomic E-state index is -1.16. The van der Waals surface area contributed by atoms with E-state index < -0.39 is 28.0 Å². The van der Waals surface area contributed by atoms with Crippen LogP contribution in [0.2, 0.25) is 0 Å². The van der Waals surface area contributed by atoms with E-state index in [-0.39, 0.29) is 5.56 Å². The van der Waals surface area contributed by atoms with Crippen molar-refractivity contribution in [2.75, 3.05) is 7.11 Å². The van der Waals surface area contributed by atoms with Crippen LogP contribution in [0.5, 0.6) is 0 Å². The molecule has 0 aliphatic heterocycles. The highest BCUT2D eigenvalue weighted by Crippen LogP contribution is 2.25. The predicted octanol–water partition coefficient (Wildman–Crippen LogP) is 1.83. The molecule has 0 fully saturated rings. The summed E-state index contributed by atoms with van der Waals surface area (Å²) in [6.45, 7) is 1.39. The SMILES string of the molecule is COC(=O)c1ccc(C)c([N+](=O)[O-])c1F.